The minimum absolute atomic E-state index is 0.0351. The molecule has 3 N–H and O–H groups in total. The molecule has 3 heterocycles. The lowest BCUT2D eigenvalue weighted by atomic mass is 9.90. The highest BCUT2D eigenvalue weighted by molar-refractivity contribution is 5.99. The molecular weight excluding hydrogens is 560 g/mol. The Morgan fingerprint density at radius 3 is 2.39 bits per heavy atom. The minimum Gasteiger partial charge on any atom is -0.476 e. The molecule has 0 atom stereocenters. The summed E-state index contributed by atoms with van der Waals surface area (Å²) in [6, 6.07) is 18.6. The zero-order chi connectivity index (χ0) is 31.4. The van der Waals surface area contributed by atoms with Crippen LogP contribution in [0.15, 0.2) is 65.2 Å². The molecule has 5 rings (SSSR count). The van der Waals surface area contributed by atoms with Crippen molar-refractivity contribution >= 4 is 29.3 Å². The minimum atomic E-state index is -1.23. The second kappa shape index (κ2) is 12.8. The van der Waals surface area contributed by atoms with Crippen LogP contribution in [0.5, 0.6) is 0 Å². The van der Waals surface area contributed by atoms with Crippen molar-refractivity contribution in [2.24, 2.45) is 5.92 Å². The Hall–Kier alpha value is -4.77. The predicted octanol–water partition coefficient (Wildman–Crippen LogP) is 5.95. The lowest BCUT2D eigenvalue weighted by Crippen LogP contribution is -2.37. The summed E-state index contributed by atoms with van der Waals surface area (Å²) in [5.74, 6) is -0.518. The van der Waals surface area contributed by atoms with E-state index >= 15 is 0 Å². The number of urea groups is 1. The van der Waals surface area contributed by atoms with E-state index in [-0.39, 0.29) is 35.2 Å². The molecule has 0 aliphatic carbocycles. The van der Waals surface area contributed by atoms with Crippen LogP contribution in [0.1, 0.15) is 71.5 Å². The normalized spacial score (nSPS) is 14.4. The molecule has 2 aromatic heterocycles. The van der Waals surface area contributed by atoms with Gasteiger partial charge in [0.25, 0.3) is 0 Å². The maximum absolute atomic E-state index is 13.1. The van der Waals surface area contributed by atoms with Gasteiger partial charge in [-0.05, 0) is 75.0 Å². The molecule has 2 aromatic carbocycles. The van der Waals surface area contributed by atoms with Crippen molar-refractivity contribution in [1.29, 1.82) is 0 Å². The Labute approximate surface area is 256 Å². The highest BCUT2D eigenvalue weighted by Crippen LogP contribution is 2.27. The molecule has 44 heavy (non-hydrogen) atoms. The standard InChI is InChI=1S/C33H38N6O5/c1-21-8-10-25(11-9-21)39-30(19-29(36-39)33(2,3)4)35-32(43)34-24-7-5-6-23(17-24)16-22-12-14-38(15-13-22)20-27(40)28-18-26(31(41)42)37-44-28/h5-11,17-19,22H,12-16,20H2,1-4H3,(H,41,42)(H2,34,35,43). The molecular formula is C33H38N6O5. The Morgan fingerprint density at radius 2 is 1.73 bits per heavy atom. The first-order valence-electron chi connectivity index (χ1n) is 14.7. The first kappa shape index (κ1) is 30.7. The summed E-state index contributed by atoms with van der Waals surface area (Å²) >= 11 is 0. The number of nitrogens with zero attached hydrogens (tertiary/aromatic N) is 4. The van der Waals surface area contributed by atoms with E-state index in [1.54, 1.807) is 4.68 Å². The van der Waals surface area contributed by atoms with Gasteiger partial charge in [0.2, 0.25) is 11.5 Å². The zero-order valence-electron chi connectivity index (χ0n) is 25.5. The number of aromatic carboxylic acids is 1. The third-order valence-electron chi connectivity index (χ3n) is 7.79. The van der Waals surface area contributed by atoms with Crippen LogP contribution in [0.25, 0.3) is 5.69 Å². The molecule has 0 radical (unpaired) electrons. The van der Waals surface area contributed by atoms with E-state index in [9.17, 15) is 14.4 Å². The molecule has 4 aromatic rings. The maximum atomic E-state index is 13.1. The van der Waals surface area contributed by atoms with Gasteiger partial charge in [-0.3, -0.25) is 15.0 Å². The van der Waals surface area contributed by atoms with E-state index in [1.165, 1.54) is 6.07 Å². The fraction of sp³-hybridized carbons (Fsp3) is 0.364. The molecule has 0 unspecified atom stereocenters. The second-order valence-electron chi connectivity index (χ2n) is 12.4. The number of piperidine rings is 1. The van der Waals surface area contributed by atoms with Gasteiger partial charge in [-0.15, -0.1) is 0 Å². The van der Waals surface area contributed by atoms with Crippen molar-refractivity contribution in [2.75, 3.05) is 30.3 Å². The highest BCUT2D eigenvalue weighted by atomic mass is 16.5. The SMILES string of the molecule is Cc1ccc(-n2nc(C(C)(C)C)cc2NC(=O)Nc2cccc(CC3CCN(CC(=O)c4cc(C(=O)O)no4)CC3)c2)cc1. The predicted molar refractivity (Wildman–Crippen MR) is 167 cm³/mol. The monoisotopic (exact) mass is 598 g/mol. The molecule has 0 spiro atoms. The molecule has 230 valence electrons. The molecule has 1 aliphatic heterocycles. The van der Waals surface area contributed by atoms with Crippen LogP contribution in [0, 0.1) is 12.8 Å². The average Bonchev–Trinajstić information content (AvgIpc) is 3.63. The van der Waals surface area contributed by atoms with Gasteiger partial charge in [0.15, 0.2) is 5.69 Å². The molecule has 11 nitrogen and oxygen atoms in total. The van der Waals surface area contributed by atoms with Gasteiger partial charge >= 0.3 is 12.0 Å². The number of carbonyl (C=O) groups excluding carboxylic acids is 2. The smallest absolute Gasteiger partial charge is 0.358 e. The number of likely N-dealkylation sites (tertiary alicyclic amines) is 1. The number of carboxylic acids is 1. The molecule has 1 aliphatic rings. The van der Waals surface area contributed by atoms with Crippen molar-refractivity contribution in [3.05, 3.63) is 88.9 Å². The van der Waals surface area contributed by atoms with Crippen LogP contribution in [-0.4, -0.2) is 62.4 Å². The lowest BCUT2D eigenvalue weighted by Gasteiger charge is -2.31. The van der Waals surface area contributed by atoms with Gasteiger partial charge in [-0.25, -0.2) is 14.3 Å². The average molecular weight is 599 g/mol. The lowest BCUT2D eigenvalue weighted by molar-refractivity contribution is 0.0684. The molecule has 11 heteroatoms. The van der Waals surface area contributed by atoms with Gasteiger partial charge in [-0.2, -0.15) is 5.10 Å². The van der Waals surface area contributed by atoms with Gasteiger partial charge in [-0.1, -0.05) is 55.8 Å². The van der Waals surface area contributed by atoms with E-state index in [0.29, 0.717) is 17.4 Å². The van der Waals surface area contributed by atoms with E-state index in [2.05, 4.69) is 47.5 Å². The number of anilines is 2. The van der Waals surface area contributed by atoms with E-state index in [0.717, 1.165) is 54.9 Å². The largest absolute Gasteiger partial charge is 0.476 e. The number of hydrogen-bond acceptors (Lipinski definition) is 7. The number of benzene rings is 2. The Kier molecular flexibility index (Phi) is 8.96. The fourth-order valence-corrected chi connectivity index (χ4v) is 5.24. The van der Waals surface area contributed by atoms with Crippen LogP contribution in [0.2, 0.25) is 0 Å². The first-order valence-corrected chi connectivity index (χ1v) is 14.7. The molecule has 1 fully saturated rings. The van der Waals surface area contributed by atoms with Crippen molar-refractivity contribution in [3.8, 4) is 5.69 Å². The fourth-order valence-electron chi connectivity index (χ4n) is 5.24. The Balaban J connectivity index is 1.16. The molecule has 0 bridgehead atoms. The third kappa shape index (κ3) is 7.59. The number of carbonyl (C=O) groups is 3. The number of ketones is 1. The number of Topliss-reactive ketones (excluding diaryl/α,β-unsaturated/α-hetero) is 1. The topological polar surface area (TPSA) is 143 Å². The van der Waals surface area contributed by atoms with Crippen molar-refractivity contribution in [3.63, 3.8) is 0 Å². The van der Waals surface area contributed by atoms with Crippen molar-refractivity contribution < 1.29 is 24.0 Å². The summed E-state index contributed by atoms with van der Waals surface area (Å²) in [4.78, 5) is 38.6. The van der Waals surface area contributed by atoms with Gasteiger partial charge in [0, 0.05) is 23.2 Å². The summed E-state index contributed by atoms with van der Waals surface area (Å²) in [7, 11) is 0. The summed E-state index contributed by atoms with van der Waals surface area (Å²) < 4.78 is 6.66. The summed E-state index contributed by atoms with van der Waals surface area (Å²) in [6.07, 6.45) is 2.70. The Bertz CT molecular complexity index is 1640. The van der Waals surface area contributed by atoms with E-state index in [4.69, 9.17) is 14.7 Å². The van der Waals surface area contributed by atoms with Crippen molar-refractivity contribution in [1.82, 2.24) is 19.8 Å². The molecule has 2 amide bonds. The second-order valence-corrected chi connectivity index (χ2v) is 12.4. The number of amides is 2. The number of aryl methyl sites for hydroxylation is 1. The summed E-state index contributed by atoms with van der Waals surface area (Å²) in [5.41, 5.74) is 4.24. The van der Waals surface area contributed by atoms with Crippen LogP contribution in [0.4, 0.5) is 16.3 Å². The van der Waals surface area contributed by atoms with Crippen LogP contribution < -0.4 is 10.6 Å². The summed E-state index contributed by atoms with van der Waals surface area (Å²) in [6.45, 7) is 9.96. The quantitative estimate of drug-likeness (QED) is 0.201. The number of carboxylic acid groups (broad SMARTS) is 1. The van der Waals surface area contributed by atoms with Gasteiger partial charge in [0.05, 0.1) is 17.9 Å². The van der Waals surface area contributed by atoms with Crippen LogP contribution in [0.3, 0.4) is 0 Å². The highest BCUT2D eigenvalue weighted by Gasteiger charge is 2.25. The van der Waals surface area contributed by atoms with Gasteiger partial charge < -0.3 is 14.9 Å². The van der Waals surface area contributed by atoms with Crippen LogP contribution in [-0.2, 0) is 11.8 Å². The number of hydrogen-bond donors (Lipinski definition) is 3. The van der Waals surface area contributed by atoms with E-state index in [1.807, 2.05) is 55.5 Å². The van der Waals surface area contributed by atoms with Crippen molar-refractivity contribution in [2.45, 2.75) is 52.4 Å². The number of rotatable bonds is 9. The van der Waals surface area contributed by atoms with Gasteiger partial charge in [0.1, 0.15) is 5.82 Å². The van der Waals surface area contributed by atoms with Crippen LogP contribution >= 0.6 is 0 Å². The third-order valence-corrected chi connectivity index (χ3v) is 7.79. The van der Waals surface area contributed by atoms with E-state index < -0.39 is 5.97 Å². The number of nitrogens with one attached hydrogen (secondary N) is 2. The summed E-state index contributed by atoms with van der Waals surface area (Å²) in [5, 5.41) is 23.1. The maximum Gasteiger partial charge on any atom is 0.358 e. The Morgan fingerprint density at radius 1 is 1.00 bits per heavy atom. The molecule has 1 saturated heterocycles. The zero-order valence-corrected chi connectivity index (χ0v) is 25.5. The first-order chi connectivity index (χ1) is 20.9. The molecule has 0 saturated carbocycles. The number of aromatic nitrogens is 3.